The van der Waals surface area contributed by atoms with Crippen molar-refractivity contribution in [3.05, 3.63) is 29.7 Å². The number of rotatable bonds is 5. The molecule has 1 atom stereocenters. The third-order valence-corrected chi connectivity index (χ3v) is 5.17. The maximum absolute atomic E-state index is 12.3. The number of thiazole rings is 1. The molecule has 0 bridgehead atoms. The second kappa shape index (κ2) is 8.15. The number of piperidine rings is 1. The van der Waals surface area contributed by atoms with Crippen LogP contribution in [-0.2, 0) is 16.0 Å². The van der Waals surface area contributed by atoms with Crippen molar-refractivity contribution >= 4 is 23.2 Å². The molecule has 3 rings (SSSR count). The van der Waals surface area contributed by atoms with Gasteiger partial charge in [-0.1, -0.05) is 0 Å². The molecule has 1 saturated heterocycles. The molecule has 25 heavy (non-hydrogen) atoms. The maximum atomic E-state index is 12.3. The molecule has 0 radical (unpaired) electrons. The normalized spacial score (nSPS) is 17.3. The number of hydrogen-bond donors (Lipinski definition) is 1. The lowest BCUT2D eigenvalue weighted by molar-refractivity contribution is -0.133. The van der Waals surface area contributed by atoms with Gasteiger partial charge in [0.2, 0.25) is 11.8 Å². The summed E-state index contributed by atoms with van der Waals surface area (Å²) in [5.41, 5.74) is 1.69. The van der Waals surface area contributed by atoms with E-state index in [1.54, 1.807) is 30.4 Å². The van der Waals surface area contributed by atoms with Gasteiger partial charge in [-0.2, -0.15) is 0 Å². The Morgan fingerprint density at radius 3 is 3.04 bits per heavy atom. The number of amides is 2. The number of likely N-dealkylation sites (tertiary alicyclic amines) is 1. The Labute approximate surface area is 150 Å². The van der Waals surface area contributed by atoms with Gasteiger partial charge in [-0.3, -0.25) is 19.6 Å². The summed E-state index contributed by atoms with van der Waals surface area (Å²) in [7, 11) is 0. The summed E-state index contributed by atoms with van der Waals surface area (Å²) in [5, 5.41) is 5.78. The fourth-order valence-electron chi connectivity index (χ4n) is 2.88. The van der Waals surface area contributed by atoms with Gasteiger partial charge in [0, 0.05) is 50.8 Å². The number of carbonyl (C=O) groups is 2. The molecule has 2 aromatic heterocycles. The van der Waals surface area contributed by atoms with E-state index < -0.39 is 0 Å². The molecule has 1 aliphatic heterocycles. The highest BCUT2D eigenvalue weighted by atomic mass is 32.1. The lowest BCUT2D eigenvalue weighted by Crippen LogP contribution is -2.45. The molecule has 8 heteroatoms. The second-order valence-corrected chi connectivity index (χ2v) is 6.94. The molecule has 0 spiro atoms. The van der Waals surface area contributed by atoms with Crippen LogP contribution in [0.25, 0.3) is 10.7 Å². The highest BCUT2D eigenvalue weighted by Gasteiger charge is 2.26. The Morgan fingerprint density at radius 2 is 2.28 bits per heavy atom. The molecule has 2 amide bonds. The Morgan fingerprint density at radius 1 is 1.40 bits per heavy atom. The third kappa shape index (κ3) is 4.60. The van der Waals surface area contributed by atoms with Crippen molar-refractivity contribution in [3.8, 4) is 10.7 Å². The molecule has 0 saturated carbocycles. The number of nitrogens with one attached hydrogen (secondary N) is 1. The molecule has 0 unspecified atom stereocenters. The van der Waals surface area contributed by atoms with Gasteiger partial charge in [-0.15, -0.1) is 11.3 Å². The van der Waals surface area contributed by atoms with Crippen LogP contribution < -0.4 is 5.32 Å². The molecular weight excluding hydrogens is 338 g/mol. The molecule has 2 aromatic rings. The molecule has 1 aliphatic rings. The summed E-state index contributed by atoms with van der Waals surface area (Å²) in [6.45, 7) is 3.37. The van der Waals surface area contributed by atoms with E-state index in [2.05, 4.69) is 20.3 Å². The molecule has 132 valence electrons. The number of hydrogen-bond acceptors (Lipinski definition) is 6. The number of aromatic nitrogens is 3. The van der Waals surface area contributed by atoms with Gasteiger partial charge < -0.3 is 10.2 Å². The summed E-state index contributed by atoms with van der Waals surface area (Å²) in [6, 6.07) is 0. The zero-order valence-electron chi connectivity index (χ0n) is 14.1. The first kappa shape index (κ1) is 17.5. The number of nitrogens with zero attached hydrogens (tertiary/aromatic N) is 4. The Balaban J connectivity index is 1.47. The minimum absolute atomic E-state index is 0.0235. The standard InChI is InChI=1S/C17H21N5O2S/c1-12(23)22-8-2-3-13(10-22)16(24)20-5-4-14-11-25-17(21-14)15-9-18-6-7-19-15/h6-7,9,11,13H,2-5,8,10H2,1H3,(H,20,24)/t13-/m1/s1. The van der Waals surface area contributed by atoms with Gasteiger partial charge in [0.1, 0.15) is 10.7 Å². The first-order valence-electron chi connectivity index (χ1n) is 8.37. The maximum Gasteiger partial charge on any atom is 0.224 e. The van der Waals surface area contributed by atoms with E-state index in [4.69, 9.17) is 0 Å². The minimum Gasteiger partial charge on any atom is -0.355 e. The molecule has 1 fully saturated rings. The second-order valence-electron chi connectivity index (χ2n) is 6.08. The number of carbonyl (C=O) groups excluding carboxylic acids is 2. The third-order valence-electron chi connectivity index (χ3n) is 4.25. The molecule has 0 aromatic carbocycles. The van der Waals surface area contributed by atoms with Gasteiger partial charge in [-0.05, 0) is 12.8 Å². The fraction of sp³-hybridized carbons (Fsp3) is 0.471. The van der Waals surface area contributed by atoms with Gasteiger partial charge in [0.05, 0.1) is 17.8 Å². The fourth-order valence-corrected chi connectivity index (χ4v) is 3.70. The Kier molecular flexibility index (Phi) is 5.70. The van der Waals surface area contributed by atoms with Crippen molar-refractivity contribution in [2.75, 3.05) is 19.6 Å². The van der Waals surface area contributed by atoms with Crippen LogP contribution in [0.5, 0.6) is 0 Å². The van der Waals surface area contributed by atoms with Crippen LogP contribution >= 0.6 is 11.3 Å². The van der Waals surface area contributed by atoms with Crippen molar-refractivity contribution < 1.29 is 9.59 Å². The van der Waals surface area contributed by atoms with E-state index in [9.17, 15) is 9.59 Å². The van der Waals surface area contributed by atoms with Crippen LogP contribution in [0.15, 0.2) is 24.0 Å². The van der Waals surface area contributed by atoms with Crippen molar-refractivity contribution in [1.29, 1.82) is 0 Å². The van der Waals surface area contributed by atoms with E-state index in [-0.39, 0.29) is 17.7 Å². The van der Waals surface area contributed by atoms with Gasteiger partial charge >= 0.3 is 0 Å². The van der Waals surface area contributed by atoms with Crippen LogP contribution in [0, 0.1) is 5.92 Å². The Bertz CT molecular complexity index is 734. The van der Waals surface area contributed by atoms with Crippen molar-refractivity contribution in [1.82, 2.24) is 25.2 Å². The van der Waals surface area contributed by atoms with E-state index in [0.717, 1.165) is 35.8 Å². The van der Waals surface area contributed by atoms with Crippen LogP contribution in [0.1, 0.15) is 25.5 Å². The first-order valence-corrected chi connectivity index (χ1v) is 9.25. The zero-order valence-corrected chi connectivity index (χ0v) is 15.0. The van der Waals surface area contributed by atoms with Gasteiger partial charge in [-0.25, -0.2) is 4.98 Å². The molecule has 3 heterocycles. The largest absolute Gasteiger partial charge is 0.355 e. The molecule has 0 aliphatic carbocycles. The average Bonchev–Trinajstić information content (AvgIpc) is 3.11. The van der Waals surface area contributed by atoms with Crippen LogP contribution in [0.2, 0.25) is 0 Å². The van der Waals surface area contributed by atoms with E-state index >= 15 is 0 Å². The van der Waals surface area contributed by atoms with E-state index in [0.29, 0.717) is 19.5 Å². The summed E-state index contributed by atoms with van der Waals surface area (Å²) in [6.07, 6.45) is 7.35. The topological polar surface area (TPSA) is 88.1 Å². The van der Waals surface area contributed by atoms with E-state index in [1.807, 2.05) is 5.38 Å². The van der Waals surface area contributed by atoms with Crippen molar-refractivity contribution in [2.45, 2.75) is 26.2 Å². The van der Waals surface area contributed by atoms with Crippen molar-refractivity contribution in [3.63, 3.8) is 0 Å². The van der Waals surface area contributed by atoms with Crippen LogP contribution in [-0.4, -0.2) is 51.3 Å². The zero-order chi connectivity index (χ0) is 17.6. The minimum atomic E-state index is -0.108. The smallest absolute Gasteiger partial charge is 0.224 e. The van der Waals surface area contributed by atoms with Gasteiger partial charge in [0.25, 0.3) is 0 Å². The predicted molar refractivity (Wildman–Crippen MR) is 94.8 cm³/mol. The SMILES string of the molecule is CC(=O)N1CCC[C@@H](C(=O)NCCc2csc(-c3cnccn3)n2)C1. The summed E-state index contributed by atoms with van der Waals surface area (Å²) >= 11 is 1.52. The monoisotopic (exact) mass is 359 g/mol. The summed E-state index contributed by atoms with van der Waals surface area (Å²) < 4.78 is 0. The lowest BCUT2D eigenvalue weighted by atomic mass is 9.97. The van der Waals surface area contributed by atoms with Crippen molar-refractivity contribution in [2.24, 2.45) is 5.92 Å². The summed E-state index contributed by atoms with van der Waals surface area (Å²) in [5.74, 6) is -0.0462. The lowest BCUT2D eigenvalue weighted by Gasteiger charge is -2.31. The van der Waals surface area contributed by atoms with E-state index in [1.165, 1.54) is 11.3 Å². The van der Waals surface area contributed by atoms with Gasteiger partial charge in [0.15, 0.2) is 0 Å². The van der Waals surface area contributed by atoms with Crippen LogP contribution in [0.3, 0.4) is 0 Å². The highest BCUT2D eigenvalue weighted by molar-refractivity contribution is 7.13. The highest BCUT2D eigenvalue weighted by Crippen LogP contribution is 2.21. The molecular formula is C17H21N5O2S. The Hall–Kier alpha value is -2.35. The average molecular weight is 359 g/mol. The summed E-state index contributed by atoms with van der Waals surface area (Å²) in [4.78, 5) is 38.3. The quantitative estimate of drug-likeness (QED) is 0.874. The first-order chi connectivity index (χ1) is 12.1. The molecule has 7 nitrogen and oxygen atoms in total. The molecule has 1 N–H and O–H groups in total. The van der Waals surface area contributed by atoms with Crippen LogP contribution in [0.4, 0.5) is 0 Å². The predicted octanol–water partition coefficient (Wildman–Crippen LogP) is 1.52.